The molecule has 124 valence electrons. The van der Waals surface area contributed by atoms with Crippen LogP contribution in [0.3, 0.4) is 0 Å². The minimum atomic E-state index is -0.470. The van der Waals surface area contributed by atoms with Crippen molar-refractivity contribution in [2.24, 2.45) is 0 Å². The summed E-state index contributed by atoms with van der Waals surface area (Å²) in [5.41, 5.74) is 1.51. The number of aromatic nitrogens is 1. The molecule has 2 N–H and O–H groups in total. The molecule has 1 aliphatic rings. The Morgan fingerprint density at radius 2 is 2.29 bits per heavy atom. The molecule has 0 bridgehead atoms. The molecule has 1 fully saturated rings. The van der Waals surface area contributed by atoms with Crippen LogP contribution in [0.25, 0.3) is 0 Å². The second-order valence-electron chi connectivity index (χ2n) is 5.88. The normalized spacial score (nSPS) is 20.8. The smallest absolute Gasteiger partial charge is 0.268 e. The van der Waals surface area contributed by atoms with Crippen LogP contribution in [0.4, 0.5) is 4.39 Å². The molecule has 2 heterocycles. The number of nitrogens with zero attached hydrogens (tertiary/aromatic N) is 2. The summed E-state index contributed by atoms with van der Waals surface area (Å²) in [6.45, 7) is 0.786. The Labute approximate surface area is 144 Å². The van der Waals surface area contributed by atoms with Crippen molar-refractivity contribution >= 4 is 17.5 Å². The average molecular weight is 347 g/mol. The summed E-state index contributed by atoms with van der Waals surface area (Å²) < 4.78 is 13.8. The Morgan fingerprint density at radius 3 is 2.96 bits per heavy atom. The predicted octanol–water partition coefficient (Wildman–Crippen LogP) is 2.85. The quantitative estimate of drug-likeness (QED) is 0.897. The maximum Gasteiger partial charge on any atom is 0.268 e. The van der Waals surface area contributed by atoms with E-state index in [-0.39, 0.29) is 23.0 Å². The summed E-state index contributed by atoms with van der Waals surface area (Å²) in [5.74, 6) is -0.751. The van der Waals surface area contributed by atoms with Crippen LogP contribution in [-0.2, 0) is 0 Å². The Bertz CT molecular complexity index is 813. The third-order valence-corrected chi connectivity index (χ3v) is 4.61. The van der Waals surface area contributed by atoms with Crippen molar-refractivity contribution in [2.45, 2.75) is 18.5 Å². The number of likely N-dealkylation sites (tertiary alicyclic amines) is 1. The molecule has 1 aromatic heterocycles. The van der Waals surface area contributed by atoms with Crippen molar-refractivity contribution in [2.75, 3.05) is 13.6 Å². The van der Waals surface area contributed by atoms with Crippen LogP contribution in [-0.4, -0.2) is 35.4 Å². The second kappa shape index (κ2) is 6.63. The third-order valence-electron chi connectivity index (χ3n) is 4.31. The minimum absolute atomic E-state index is 0.0791. The fourth-order valence-corrected chi connectivity index (χ4v) is 3.23. The fourth-order valence-electron chi connectivity index (χ4n) is 3.12. The van der Waals surface area contributed by atoms with Gasteiger partial charge in [0.15, 0.2) is 0 Å². The molecule has 2 atom stereocenters. The van der Waals surface area contributed by atoms with Crippen LogP contribution in [0.15, 0.2) is 30.5 Å². The maximum atomic E-state index is 13.8. The van der Waals surface area contributed by atoms with Crippen molar-refractivity contribution in [1.82, 2.24) is 15.2 Å². The second-order valence-corrected chi connectivity index (χ2v) is 6.29. The number of carbonyl (C=O) groups excluding carboxylic acids is 1. The first-order valence-electron chi connectivity index (χ1n) is 7.54. The number of rotatable bonds is 3. The molecule has 0 spiro atoms. The molecule has 24 heavy (non-hydrogen) atoms. The third kappa shape index (κ3) is 3.14. The van der Waals surface area contributed by atoms with Crippen molar-refractivity contribution in [1.29, 1.82) is 5.26 Å². The highest BCUT2D eigenvalue weighted by Crippen LogP contribution is 2.32. The number of H-pyrrole nitrogens is 1. The first-order chi connectivity index (χ1) is 11.5. The van der Waals surface area contributed by atoms with Gasteiger partial charge in [0, 0.05) is 12.7 Å². The molecular formula is C17H16ClFN4O. The largest absolute Gasteiger partial charge is 0.356 e. The molecule has 0 radical (unpaired) electrons. The van der Waals surface area contributed by atoms with E-state index in [4.69, 9.17) is 16.9 Å². The molecule has 1 amide bonds. The summed E-state index contributed by atoms with van der Waals surface area (Å²) in [5, 5.41) is 11.9. The van der Waals surface area contributed by atoms with Crippen molar-refractivity contribution < 1.29 is 9.18 Å². The molecule has 2 aromatic rings. The zero-order chi connectivity index (χ0) is 17.3. The Hall–Kier alpha value is -2.36. The highest BCUT2D eigenvalue weighted by molar-refractivity contribution is 6.30. The van der Waals surface area contributed by atoms with Crippen LogP contribution in [0.1, 0.15) is 34.1 Å². The molecular weight excluding hydrogens is 331 g/mol. The van der Waals surface area contributed by atoms with Gasteiger partial charge in [-0.15, -0.1) is 0 Å². The van der Waals surface area contributed by atoms with Crippen molar-refractivity contribution in [3.63, 3.8) is 0 Å². The van der Waals surface area contributed by atoms with Gasteiger partial charge in [-0.05, 0) is 37.2 Å². The summed E-state index contributed by atoms with van der Waals surface area (Å²) in [6, 6.07) is 7.91. The Kier molecular flexibility index (Phi) is 4.56. The van der Waals surface area contributed by atoms with Gasteiger partial charge in [0.1, 0.15) is 17.6 Å². The van der Waals surface area contributed by atoms with Gasteiger partial charge in [-0.2, -0.15) is 5.26 Å². The van der Waals surface area contributed by atoms with Gasteiger partial charge in [0.25, 0.3) is 5.91 Å². The number of likely N-dealkylation sites (N-methyl/N-ethyl adjacent to an activating group) is 1. The van der Waals surface area contributed by atoms with E-state index in [1.165, 1.54) is 24.4 Å². The van der Waals surface area contributed by atoms with E-state index in [9.17, 15) is 9.18 Å². The van der Waals surface area contributed by atoms with E-state index in [1.807, 2.05) is 13.1 Å². The van der Waals surface area contributed by atoms with Crippen molar-refractivity contribution in [3.05, 3.63) is 58.1 Å². The number of halogens is 2. The monoisotopic (exact) mass is 346 g/mol. The fraction of sp³-hybridized carbons (Fsp3) is 0.294. The number of benzene rings is 1. The molecule has 5 nitrogen and oxygen atoms in total. The molecule has 0 saturated carbocycles. The molecule has 1 saturated heterocycles. The number of aromatic amines is 1. The maximum absolute atomic E-state index is 13.8. The van der Waals surface area contributed by atoms with E-state index in [1.54, 1.807) is 6.07 Å². The number of amides is 1. The number of nitriles is 1. The molecule has 1 aromatic carbocycles. The lowest BCUT2D eigenvalue weighted by Gasteiger charge is -2.26. The predicted molar refractivity (Wildman–Crippen MR) is 88.2 cm³/mol. The summed E-state index contributed by atoms with van der Waals surface area (Å²) in [7, 11) is 1.94. The van der Waals surface area contributed by atoms with E-state index >= 15 is 0 Å². The van der Waals surface area contributed by atoms with Gasteiger partial charge < -0.3 is 10.3 Å². The first kappa shape index (κ1) is 16.5. The minimum Gasteiger partial charge on any atom is -0.356 e. The molecule has 1 aliphatic heterocycles. The van der Waals surface area contributed by atoms with E-state index in [0.717, 1.165) is 18.5 Å². The topological polar surface area (TPSA) is 71.9 Å². The van der Waals surface area contributed by atoms with E-state index in [2.05, 4.69) is 15.2 Å². The van der Waals surface area contributed by atoms with Crippen LogP contribution >= 0.6 is 11.6 Å². The van der Waals surface area contributed by atoms with Gasteiger partial charge in [-0.25, -0.2) is 4.39 Å². The van der Waals surface area contributed by atoms with Crippen LogP contribution in [0, 0.1) is 17.1 Å². The first-order valence-corrected chi connectivity index (χ1v) is 7.92. The van der Waals surface area contributed by atoms with Gasteiger partial charge >= 0.3 is 0 Å². The molecule has 3 rings (SSSR count). The Morgan fingerprint density at radius 1 is 1.50 bits per heavy atom. The van der Waals surface area contributed by atoms with Gasteiger partial charge in [0.05, 0.1) is 22.7 Å². The zero-order valence-corrected chi connectivity index (χ0v) is 13.8. The summed E-state index contributed by atoms with van der Waals surface area (Å²) in [6.07, 6.45) is 2.24. The molecule has 0 unspecified atom stereocenters. The van der Waals surface area contributed by atoms with Gasteiger partial charge in [0.2, 0.25) is 0 Å². The SMILES string of the molecule is CN1CC[C@H](NC(=O)c2cc(C#N)c[nH]2)[C@@H]1c1ccc(Cl)c(F)c1. The van der Waals surface area contributed by atoms with Gasteiger partial charge in [-0.1, -0.05) is 17.7 Å². The number of carbonyl (C=O) groups is 1. The number of nitrogens with one attached hydrogen (secondary N) is 2. The lowest BCUT2D eigenvalue weighted by Crippen LogP contribution is -2.39. The van der Waals surface area contributed by atoms with Crippen LogP contribution in [0.2, 0.25) is 5.02 Å². The van der Waals surface area contributed by atoms with Crippen LogP contribution in [0.5, 0.6) is 0 Å². The Balaban J connectivity index is 1.80. The lowest BCUT2D eigenvalue weighted by atomic mass is 10.00. The standard InChI is InChI=1S/C17H16ClFN4O/c1-23-5-4-14(16(23)11-2-3-12(18)13(19)7-11)22-17(24)15-6-10(8-20)9-21-15/h2-3,6-7,9,14,16,21H,4-5H2,1H3,(H,22,24)/t14-,16-/m0/s1. The molecule has 7 heteroatoms. The van der Waals surface area contributed by atoms with E-state index < -0.39 is 5.82 Å². The highest BCUT2D eigenvalue weighted by Gasteiger charge is 2.34. The number of hydrogen-bond acceptors (Lipinski definition) is 3. The van der Waals surface area contributed by atoms with E-state index in [0.29, 0.717) is 11.3 Å². The lowest BCUT2D eigenvalue weighted by molar-refractivity contribution is 0.0923. The zero-order valence-electron chi connectivity index (χ0n) is 13.0. The summed E-state index contributed by atoms with van der Waals surface area (Å²) in [4.78, 5) is 17.2. The number of hydrogen-bond donors (Lipinski definition) is 2. The highest BCUT2D eigenvalue weighted by atomic mass is 35.5. The van der Waals surface area contributed by atoms with Crippen molar-refractivity contribution in [3.8, 4) is 6.07 Å². The van der Waals surface area contributed by atoms with Crippen LogP contribution < -0.4 is 5.32 Å². The summed E-state index contributed by atoms with van der Waals surface area (Å²) >= 11 is 5.75. The van der Waals surface area contributed by atoms with Gasteiger partial charge in [-0.3, -0.25) is 9.69 Å². The molecule has 0 aliphatic carbocycles. The average Bonchev–Trinajstić information content (AvgIpc) is 3.17.